The van der Waals surface area contributed by atoms with E-state index < -0.39 is 0 Å². The molecule has 1 nitrogen and oxygen atoms in total. The van der Waals surface area contributed by atoms with E-state index in [1.165, 1.54) is 5.57 Å². The lowest BCUT2D eigenvalue weighted by atomic mass is 10.1. The van der Waals surface area contributed by atoms with Gasteiger partial charge in [0, 0.05) is 12.8 Å². The molecule has 0 unspecified atom stereocenters. The van der Waals surface area contributed by atoms with E-state index in [1.807, 2.05) is 40.8 Å². The molecule has 0 atom stereocenters. The predicted molar refractivity (Wildman–Crippen MR) is 70.3 cm³/mol. The van der Waals surface area contributed by atoms with Crippen molar-refractivity contribution in [2.75, 3.05) is 6.54 Å². The lowest BCUT2D eigenvalue weighted by molar-refractivity contribution is 0.803. The highest BCUT2D eigenvalue weighted by Gasteiger charge is 1.95. The minimum absolute atomic E-state index is 0.597. The van der Waals surface area contributed by atoms with E-state index in [4.69, 9.17) is 0 Å². The molecule has 1 heteroatoms. The van der Waals surface area contributed by atoms with Gasteiger partial charge in [-0.15, -0.1) is 0 Å². The quantitative estimate of drug-likeness (QED) is 0.583. The van der Waals surface area contributed by atoms with Gasteiger partial charge in [-0.05, 0) is 25.3 Å². The largest absolute Gasteiger partial charge is 0.293 e. The van der Waals surface area contributed by atoms with Crippen molar-refractivity contribution >= 4 is 6.21 Å². The first-order chi connectivity index (χ1) is 6.72. The third-order valence-corrected chi connectivity index (χ3v) is 1.42. The zero-order valence-corrected chi connectivity index (χ0v) is 11.4. The maximum absolute atomic E-state index is 4.17. The number of hydrogen-bond acceptors (Lipinski definition) is 1. The highest BCUT2D eigenvalue weighted by Crippen LogP contribution is 2.05. The van der Waals surface area contributed by atoms with Crippen molar-refractivity contribution in [1.29, 1.82) is 0 Å². The lowest BCUT2D eigenvalue weighted by Crippen LogP contribution is -1.94. The molecule has 0 aliphatic rings. The van der Waals surface area contributed by atoms with Crippen LogP contribution in [0.25, 0.3) is 0 Å². The lowest BCUT2D eigenvalue weighted by Gasteiger charge is -2.02. The second kappa shape index (κ2) is 18.2. The van der Waals surface area contributed by atoms with Crippen LogP contribution in [0, 0.1) is 5.92 Å². The van der Waals surface area contributed by atoms with Crippen molar-refractivity contribution < 1.29 is 0 Å². The van der Waals surface area contributed by atoms with Crippen molar-refractivity contribution in [2.45, 2.75) is 55.4 Å². The van der Waals surface area contributed by atoms with E-state index in [9.17, 15) is 0 Å². The van der Waals surface area contributed by atoms with Gasteiger partial charge < -0.3 is 0 Å². The molecule has 0 radical (unpaired) electrons. The summed E-state index contributed by atoms with van der Waals surface area (Å²) >= 11 is 0. The Morgan fingerprint density at radius 3 is 1.79 bits per heavy atom. The van der Waals surface area contributed by atoms with Crippen LogP contribution in [0.2, 0.25) is 0 Å². The van der Waals surface area contributed by atoms with Crippen LogP contribution >= 0.6 is 0 Å². The number of allylic oxidation sites excluding steroid dienone is 2. The molecule has 0 aromatic heterocycles. The fourth-order valence-electron chi connectivity index (χ4n) is 0.754. The molecule has 86 valence electrons. The minimum atomic E-state index is 0.597. The Balaban J connectivity index is -0.000000266. The van der Waals surface area contributed by atoms with E-state index in [0.29, 0.717) is 5.92 Å². The molecule has 0 N–H and O–H groups in total. The summed E-state index contributed by atoms with van der Waals surface area (Å²) in [7, 11) is 0. The Morgan fingerprint density at radius 2 is 1.57 bits per heavy atom. The third-order valence-electron chi connectivity index (χ3n) is 1.42. The Labute approximate surface area is 91.3 Å². The fraction of sp³-hybridized carbons (Fsp3) is 0.769. The molecule has 0 aromatic rings. The molecular formula is C13H29N. The molecule has 0 bridgehead atoms. The Hall–Kier alpha value is -0.590. The second-order valence-electron chi connectivity index (χ2n) is 2.57. The van der Waals surface area contributed by atoms with Crippen molar-refractivity contribution in [2.24, 2.45) is 10.9 Å². The molecule has 0 aliphatic carbocycles. The van der Waals surface area contributed by atoms with Crippen molar-refractivity contribution in [3.8, 4) is 0 Å². The van der Waals surface area contributed by atoms with E-state index in [-0.39, 0.29) is 0 Å². The molecule has 0 aromatic carbocycles. The summed E-state index contributed by atoms with van der Waals surface area (Å²) in [5.74, 6) is 0.597. The maximum atomic E-state index is 4.17. The Morgan fingerprint density at radius 1 is 1.14 bits per heavy atom. The fourth-order valence-corrected chi connectivity index (χ4v) is 0.754. The standard InChI is InChI=1S/C9H17N.2C2H6/c1-5-9(8(3)4)7-10-6-2;2*1-2/h5,7-8H,6H2,1-4H3;2*1-2H3/b9-5+,10-7?;;. The average Bonchev–Trinajstić information content (AvgIpc) is 2.24. The van der Waals surface area contributed by atoms with Gasteiger partial charge in [-0.2, -0.15) is 0 Å². The van der Waals surface area contributed by atoms with Crippen LogP contribution in [0.5, 0.6) is 0 Å². The highest BCUT2D eigenvalue weighted by atomic mass is 14.7. The summed E-state index contributed by atoms with van der Waals surface area (Å²) in [6, 6.07) is 0. The molecule has 14 heavy (non-hydrogen) atoms. The van der Waals surface area contributed by atoms with Crippen LogP contribution in [0.1, 0.15) is 55.4 Å². The summed E-state index contributed by atoms with van der Waals surface area (Å²) < 4.78 is 0. The molecule has 0 fully saturated rings. The first-order valence-electron chi connectivity index (χ1n) is 5.88. The molecule has 0 rings (SSSR count). The van der Waals surface area contributed by atoms with Gasteiger partial charge in [-0.3, -0.25) is 4.99 Å². The van der Waals surface area contributed by atoms with Crippen molar-refractivity contribution in [1.82, 2.24) is 0 Å². The number of rotatable bonds is 3. The molecule has 0 saturated heterocycles. The topological polar surface area (TPSA) is 12.4 Å². The van der Waals surface area contributed by atoms with Gasteiger partial charge in [0.1, 0.15) is 0 Å². The van der Waals surface area contributed by atoms with Gasteiger partial charge >= 0.3 is 0 Å². The predicted octanol–water partition coefficient (Wildman–Crippen LogP) is 4.73. The first kappa shape index (κ1) is 19.1. The summed E-state index contributed by atoms with van der Waals surface area (Å²) in [5.41, 5.74) is 1.32. The number of nitrogens with zero attached hydrogens (tertiary/aromatic N) is 1. The smallest absolute Gasteiger partial charge is 0.0361 e. The maximum Gasteiger partial charge on any atom is 0.0361 e. The van der Waals surface area contributed by atoms with Crippen LogP contribution < -0.4 is 0 Å². The molecule has 0 aliphatic heterocycles. The zero-order chi connectivity index (χ0) is 12.0. The zero-order valence-electron chi connectivity index (χ0n) is 11.4. The molecule has 0 saturated carbocycles. The van der Waals surface area contributed by atoms with Crippen molar-refractivity contribution in [3.05, 3.63) is 11.6 Å². The third kappa shape index (κ3) is 14.0. The number of aliphatic imine (C=N–C) groups is 1. The van der Waals surface area contributed by atoms with Gasteiger partial charge in [0.15, 0.2) is 0 Å². The SMILES string of the molecule is C/C=C(\C=NCC)C(C)C.CC.CC. The van der Waals surface area contributed by atoms with Crippen LogP contribution in [-0.2, 0) is 0 Å². The van der Waals surface area contributed by atoms with E-state index >= 15 is 0 Å². The summed E-state index contributed by atoms with van der Waals surface area (Å²) in [4.78, 5) is 4.17. The van der Waals surface area contributed by atoms with Gasteiger partial charge in [0.05, 0.1) is 0 Å². The summed E-state index contributed by atoms with van der Waals surface area (Å²) in [5, 5.41) is 0. The summed E-state index contributed by atoms with van der Waals surface area (Å²) in [6.07, 6.45) is 4.08. The molecule has 0 spiro atoms. The van der Waals surface area contributed by atoms with Crippen LogP contribution in [0.4, 0.5) is 0 Å². The second-order valence-corrected chi connectivity index (χ2v) is 2.57. The van der Waals surface area contributed by atoms with Crippen molar-refractivity contribution in [3.63, 3.8) is 0 Å². The van der Waals surface area contributed by atoms with Gasteiger partial charge in [0.25, 0.3) is 0 Å². The highest BCUT2D eigenvalue weighted by molar-refractivity contribution is 5.78. The van der Waals surface area contributed by atoms with Crippen LogP contribution in [0.15, 0.2) is 16.6 Å². The molecule has 0 heterocycles. The van der Waals surface area contributed by atoms with E-state index in [1.54, 1.807) is 0 Å². The first-order valence-corrected chi connectivity index (χ1v) is 5.88. The Kier molecular flexibility index (Phi) is 24.8. The molecular weight excluding hydrogens is 170 g/mol. The monoisotopic (exact) mass is 199 g/mol. The van der Waals surface area contributed by atoms with Crippen LogP contribution in [-0.4, -0.2) is 12.8 Å². The Bertz CT molecular complexity index is 132. The van der Waals surface area contributed by atoms with Crippen LogP contribution in [0.3, 0.4) is 0 Å². The molecule has 0 amide bonds. The minimum Gasteiger partial charge on any atom is -0.293 e. The van der Waals surface area contributed by atoms with Gasteiger partial charge in [-0.25, -0.2) is 0 Å². The number of hydrogen-bond donors (Lipinski definition) is 0. The normalized spacial score (nSPS) is 10.5. The van der Waals surface area contributed by atoms with E-state index in [0.717, 1.165) is 6.54 Å². The van der Waals surface area contributed by atoms with Gasteiger partial charge in [0.2, 0.25) is 0 Å². The van der Waals surface area contributed by atoms with Gasteiger partial charge in [-0.1, -0.05) is 47.6 Å². The van der Waals surface area contributed by atoms with E-state index in [2.05, 4.69) is 31.8 Å². The average molecular weight is 199 g/mol. The summed E-state index contributed by atoms with van der Waals surface area (Å²) in [6.45, 7) is 17.3.